The molecular weight excluding hydrogens is 728 g/mol. The van der Waals surface area contributed by atoms with E-state index < -0.39 is 107 Å². The van der Waals surface area contributed by atoms with Crippen LogP contribution in [-0.2, 0) is 33.3 Å². The van der Waals surface area contributed by atoms with Crippen molar-refractivity contribution in [3.63, 3.8) is 0 Å². The third-order valence-corrected chi connectivity index (χ3v) is 15.3. The maximum Gasteiger partial charge on any atom is 0.229 e. The minimum atomic E-state index is -1.82. The number of allylic oxidation sites excluding steroid dienone is 5. The molecule has 4 aliphatic carbocycles. The summed E-state index contributed by atoms with van der Waals surface area (Å²) in [6, 6.07) is 0. The summed E-state index contributed by atoms with van der Waals surface area (Å²) in [5.41, 5.74) is -2.26. The number of carbonyl (C=O) groups excluding carboxylic acids is 2. The lowest BCUT2D eigenvalue weighted by Gasteiger charge is -2.64. The van der Waals surface area contributed by atoms with Gasteiger partial charge in [-0.05, 0) is 77.2 Å². The molecule has 19 atom stereocenters. The maximum absolute atomic E-state index is 14.9. The molecule has 3 saturated heterocycles. The first-order valence-electron chi connectivity index (χ1n) is 20.1. The second-order valence-electron chi connectivity index (χ2n) is 19.4. The number of aliphatic hydroxyl groups excluding tert-OH is 6. The molecule has 7 aliphatic rings. The Morgan fingerprint density at radius 2 is 1.54 bits per heavy atom. The van der Waals surface area contributed by atoms with Crippen LogP contribution in [0, 0.1) is 39.4 Å². The lowest BCUT2D eigenvalue weighted by Crippen LogP contribution is -2.65. The van der Waals surface area contributed by atoms with E-state index in [0.29, 0.717) is 19.3 Å². The molecule has 0 aromatic rings. The van der Waals surface area contributed by atoms with Gasteiger partial charge >= 0.3 is 0 Å². The van der Waals surface area contributed by atoms with Gasteiger partial charge < -0.3 is 59.4 Å². The van der Waals surface area contributed by atoms with Crippen LogP contribution in [0.5, 0.6) is 0 Å². The molecule has 5 fully saturated rings. The van der Waals surface area contributed by atoms with Crippen LogP contribution in [0.4, 0.5) is 0 Å². The quantitative estimate of drug-likeness (QED) is 0.190. The Kier molecular flexibility index (Phi) is 10.5. The average molecular weight is 791 g/mol. The molecule has 0 radical (unpaired) electrons. The van der Waals surface area contributed by atoms with Gasteiger partial charge in [-0.15, -0.1) is 0 Å². The highest BCUT2D eigenvalue weighted by molar-refractivity contribution is 6.02. The summed E-state index contributed by atoms with van der Waals surface area (Å²) in [6.07, 6.45) is -8.13. The summed E-state index contributed by atoms with van der Waals surface area (Å²) in [6.45, 7) is 16.5. The highest BCUT2D eigenvalue weighted by atomic mass is 16.7. The third-order valence-electron chi connectivity index (χ3n) is 15.3. The SMILES string of the molecule is CC(C)=C[C@H]1C[C@](C)(O)[C@H]2[C@H](C[C@@]3(C)[C@@H]4CC=C5[C@@H](C=C(O[C@H]6O[C@H](CO)[C@@H](O[C@@H]7O[C@@H](C)[C@H](O)[C@@H](O)[C@H]7O)[C@H](O)[C@H]6O)C(=O)C5(C)C)[C@]4(C)C(=O)C[C@]23C)O1. The molecule has 0 aromatic carbocycles. The molecule has 14 heteroatoms. The van der Waals surface area contributed by atoms with Crippen LogP contribution < -0.4 is 0 Å². The van der Waals surface area contributed by atoms with Gasteiger partial charge in [0.25, 0.3) is 0 Å². The van der Waals surface area contributed by atoms with Crippen LogP contribution in [0.2, 0.25) is 0 Å². The van der Waals surface area contributed by atoms with Gasteiger partial charge in [-0.3, -0.25) is 9.59 Å². The summed E-state index contributed by atoms with van der Waals surface area (Å²) in [5, 5.41) is 75.8. The number of carbonyl (C=O) groups is 2. The lowest BCUT2D eigenvalue weighted by atomic mass is 9.39. The van der Waals surface area contributed by atoms with Gasteiger partial charge in [0.05, 0.1) is 35.9 Å². The van der Waals surface area contributed by atoms with Crippen molar-refractivity contribution in [3.05, 3.63) is 35.1 Å². The molecule has 3 aliphatic heterocycles. The van der Waals surface area contributed by atoms with E-state index in [1.807, 2.05) is 27.7 Å². The van der Waals surface area contributed by atoms with E-state index in [-0.39, 0.29) is 42.0 Å². The molecule has 2 saturated carbocycles. The fourth-order valence-corrected chi connectivity index (χ4v) is 12.2. The molecule has 0 aromatic heterocycles. The Morgan fingerprint density at radius 3 is 2.18 bits per heavy atom. The zero-order chi connectivity index (χ0) is 41.2. The minimum absolute atomic E-state index is 0.0329. The van der Waals surface area contributed by atoms with Crippen molar-refractivity contribution in [1.82, 2.24) is 0 Å². The Labute approximate surface area is 328 Å². The number of Topliss-reactive ketones (excluding diaryl/α,β-unsaturated/α-hetero) is 2. The number of fused-ring (bicyclic) bond motifs is 7. The van der Waals surface area contributed by atoms with Crippen molar-refractivity contribution in [2.45, 2.75) is 167 Å². The predicted octanol–water partition coefficient (Wildman–Crippen LogP) is 1.60. The first-order chi connectivity index (χ1) is 25.9. The van der Waals surface area contributed by atoms with E-state index >= 15 is 0 Å². The van der Waals surface area contributed by atoms with E-state index in [1.165, 1.54) is 6.92 Å². The monoisotopic (exact) mass is 790 g/mol. The van der Waals surface area contributed by atoms with E-state index in [2.05, 4.69) is 26.0 Å². The van der Waals surface area contributed by atoms with Crippen molar-refractivity contribution >= 4 is 11.6 Å². The Hall–Kier alpha value is -2.08. The highest BCUT2D eigenvalue weighted by Gasteiger charge is 2.75. The molecule has 14 nitrogen and oxygen atoms in total. The predicted molar refractivity (Wildman–Crippen MR) is 198 cm³/mol. The van der Waals surface area contributed by atoms with Crippen molar-refractivity contribution in [1.29, 1.82) is 0 Å². The molecule has 0 unspecified atom stereocenters. The average Bonchev–Trinajstić information content (AvgIpc) is 3.34. The van der Waals surface area contributed by atoms with E-state index in [0.717, 1.165) is 11.1 Å². The van der Waals surface area contributed by atoms with Crippen LogP contribution in [0.25, 0.3) is 0 Å². The zero-order valence-corrected chi connectivity index (χ0v) is 33.9. The fourth-order valence-electron chi connectivity index (χ4n) is 12.2. The smallest absolute Gasteiger partial charge is 0.229 e. The third kappa shape index (κ3) is 6.07. The van der Waals surface area contributed by atoms with Crippen LogP contribution in [0.3, 0.4) is 0 Å². The van der Waals surface area contributed by atoms with Crippen molar-refractivity contribution in [2.75, 3.05) is 6.61 Å². The van der Waals surface area contributed by atoms with E-state index in [1.54, 1.807) is 19.9 Å². The molecule has 314 valence electrons. The number of ketones is 2. The second-order valence-corrected chi connectivity index (χ2v) is 19.4. The summed E-state index contributed by atoms with van der Waals surface area (Å²) in [7, 11) is 0. The van der Waals surface area contributed by atoms with Crippen LogP contribution in [-0.4, -0.2) is 133 Å². The first-order valence-corrected chi connectivity index (χ1v) is 20.1. The summed E-state index contributed by atoms with van der Waals surface area (Å²) in [4.78, 5) is 29.2. The summed E-state index contributed by atoms with van der Waals surface area (Å²) >= 11 is 0. The van der Waals surface area contributed by atoms with Crippen LogP contribution >= 0.6 is 0 Å². The number of hydrogen-bond acceptors (Lipinski definition) is 14. The number of hydrogen-bond donors (Lipinski definition) is 7. The Bertz CT molecular complexity index is 1680. The van der Waals surface area contributed by atoms with Crippen molar-refractivity contribution in [2.24, 2.45) is 39.4 Å². The minimum Gasteiger partial charge on any atom is -0.459 e. The van der Waals surface area contributed by atoms with E-state index in [9.17, 15) is 45.3 Å². The zero-order valence-electron chi connectivity index (χ0n) is 33.9. The second kappa shape index (κ2) is 14.0. The lowest BCUT2D eigenvalue weighted by molar-refractivity contribution is -0.353. The van der Waals surface area contributed by atoms with Gasteiger partial charge in [0.15, 0.2) is 12.0 Å². The van der Waals surface area contributed by atoms with Gasteiger partial charge in [0, 0.05) is 30.1 Å². The first kappa shape index (κ1) is 42.1. The molecule has 0 spiro atoms. The maximum atomic E-state index is 14.9. The van der Waals surface area contributed by atoms with Gasteiger partial charge in [-0.1, -0.05) is 44.1 Å². The highest BCUT2D eigenvalue weighted by Crippen LogP contribution is 2.75. The molecule has 0 bridgehead atoms. The summed E-state index contributed by atoms with van der Waals surface area (Å²) in [5.74, 6) is -1.54. The van der Waals surface area contributed by atoms with Crippen molar-refractivity contribution < 1.29 is 69.0 Å². The molecular formula is C42H62O14. The van der Waals surface area contributed by atoms with Gasteiger partial charge in [-0.2, -0.15) is 0 Å². The van der Waals surface area contributed by atoms with Crippen LogP contribution in [0.15, 0.2) is 35.1 Å². The van der Waals surface area contributed by atoms with Crippen molar-refractivity contribution in [3.8, 4) is 0 Å². The molecule has 7 N–H and O–H groups in total. The largest absolute Gasteiger partial charge is 0.459 e. The Morgan fingerprint density at radius 1 is 0.875 bits per heavy atom. The topological polar surface area (TPSA) is 222 Å². The standard InChI is InChI=1S/C42H62O14/c1-18(2)12-20-14-41(8,51)34-24(53-20)15-39(6)26-11-10-21-22(42(26,9)27(44)16-40(34,39)7)13-23(35(50)38(21,4)5)54-37-32(49)30(47)33(25(17-43)55-37)56-36-31(48)29(46)28(45)19(3)52-36/h10,12-13,19-20,22,24-26,28-34,36-37,43,45-49,51H,11,14-17H2,1-9H3/t19-,20-,22+,24-,25+,26-,28-,29+,30+,31+,32+,33+,34-,36-,37-,39-,40+,41-,42-/m0/s1. The molecule has 3 heterocycles. The number of rotatable bonds is 6. The molecule has 0 amide bonds. The fraction of sp³-hybridized carbons (Fsp3) is 0.810. The number of ether oxygens (including phenoxy) is 5. The molecule has 56 heavy (non-hydrogen) atoms. The summed E-state index contributed by atoms with van der Waals surface area (Å²) < 4.78 is 30.0. The van der Waals surface area contributed by atoms with E-state index in [4.69, 9.17) is 23.7 Å². The van der Waals surface area contributed by atoms with Gasteiger partial charge in [-0.25, -0.2) is 0 Å². The van der Waals surface area contributed by atoms with Gasteiger partial charge in [0.1, 0.15) is 48.5 Å². The van der Waals surface area contributed by atoms with Gasteiger partial charge in [0.2, 0.25) is 12.1 Å². The normalized spacial score (nSPS) is 52.5. The molecule has 7 rings (SSSR count). The Balaban J connectivity index is 1.18. The van der Waals surface area contributed by atoms with Crippen LogP contribution in [0.1, 0.15) is 88.0 Å². The number of aliphatic hydroxyl groups is 7.